The van der Waals surface area contributed by atoms with Gasteiger partial charge in [-0.05, 0) is 32.6 Å². The first-order chi connectivity index (χ1) is 6.48. The SMILES string of the molecule is CC1CCC2NCC(C(C)(C)O)N2C1. The molecule has 0 aromatic rings. The minimum Gasteiger partial charge on any atom is -0.389 e. The van der Waals surface area contributed by atoms with Crippen LogP contribution in [0, 0.1) is 5.92 Å². The minimum atomic E-state index is -0.585. The number of nitrogens with one attached hydrogen (secondary N) is 1. The summed E-state index contributed by atoms with van der Waals surface area (Å²) in [4.78, 5) is 2.45. The van der Waals surface area contributed by atoms with Crippen molar-refractivity contribution in [3.63, 3.8) is 0 Å². The van der Waals surface area contributed by atoms with Crippen LogP contribution in [0.15, 0.2) is 0 Å². The third kappa shape index (κ3) is 1.81. The van der Waals surface area contributed by atoms with Crippen LogP contribution in [-0.2, 0) is 0 Å². The topological polar surface area (TPSA) is 35.5 Å². The van der Waals surface area contributed by atoms with Crippen LogP contribution in [0.1, 0.15) is 33.6 Å². The molecule has 0 bridgehead atoms. The number of fused-ring (bicyclic) bond motifs is 1. The summed E-state index contributed by atoms with van der Waals surface area (Å²) in [6, 6.07) is 0.287. The molecule has 0 saturated carbocycles. The first-order valence-electron chi connectivity index (χ1n) is 5.70. The highest BCUT2D eigenvalue weighted by Crippen LogP contribution is 2.30. The fraction of sp³-hybridized carbons (Fsp3) is 1.00. The van der Waals surface area contributed by atoms with Crippen molar-refractivity contribution in [3.05, 3.63) is 0 Å². The Morgan fingerprint density at radius 2 is 2.07 bits per heavy atom. The highest BCUT2D eigenvalue weighted by Gasteiger charge is 2.42. The van der Waals surface area contributed by atoms with Crippen molar-refractivity contribution in [2.45, 2.75) is 51.4 Å². The van der Waals surface area contributed by atoms with E-state index in [1.807, 2.05) is 13.8 Å². The molecule has 0 radical (unpaired) electrons. The maximum Gasteiger partial charge on any atom is 0.0759 e. The Kier molecular flexibility index (Phi) is 2.58. The van der Waals surface area contributed by atoms with Crippen molar-refractivity contribution in [3.8, 4) is 0 Å². The average Bonchev–Trinajstić information content (AvgIpc) is 2.45. The second-order valence-corrected chi connectivity index (χ2v) is 5.47. The lowest BCUT2D eigenvalue weighted by Crippen LogP contribution is -2.52. The number of nitrogens with zero attached hydrogens (tertiary/aromatic N) is 1. The predicted molar refractivity (Wildman–Crippen MR) is 57.0 cm³/mol. The Morgan fingerprint density at radius 1 is 1.36 bits per heavy atom. The summed E-state index contributed by atoms with van der Waals surface area (Å²) in [7, 11) is 0. The lowest BCUT2D eigenvalue weighted by molar-refractivity contribution is -0.0234. The van der Waals surface area contributed by atoms with Gasteiger partial charge in [-0.1, -0.05) is 6.92 Å². The lowest BCUT2D eigenvalue weighted by atomic mass is 9.93. The van der Waals surface area contributed by atoms with E-state index in [0.717, 1.165) is 19.0 Å². The summed E-state index contributed by atoms with van der Waals surface area (Å²) >= 11 is 0. The van der Waals surface area contributed by atoms with Crippen molar-refractivity contribution in [1.29, 1.82) is 0 Å². The Balaban J connectivity index is 2.08. The zero-order valence-electron chi connectivity index (χ0n) is 9.45. The van der Waals surface area contributed by atoms with Crippen LogP contribution in [0.2, 0.25) is 0 Å². The number of aliphatic hydroxyl groups is 1. The van der Waals surface area contributed by atoms with Crippen molar-refractivity contribution >= 4 is 0 Å². The van der Waals surface area contributed by atoms with Gasteiger partial charge in [-0.15, -0.1) is 0 Å². The molecule has 0 aliphatic carbocycles. The predicted octanol–water partition coefficient (Wildman–Crippen LogP) is 0.787. The van der Waals surface area contributed by atoms with Crippen molar-refractivity contribution < 1.29 is 5.11 Å². The summed E-state index contributed by atoms with van der Waals surface area (Å²) in [6.07, 6.45) is 3.06. The molecule has 3 atom stereocenters. The Morgan fingerprint density at radius 3 is 2.71 bits per heavy atom. The molecule has 3 unspecified atom stereocenters. The average molecular weight is 198 g/mol. The lowest BCUT2D eigenvalue weighted by Gasteiger charge is -2.40. The van der Waals surface area contributed by atoms with Gasteiger partial charge in [-0.25, -0.2) is 0 Å². The Bertz CT molecular complexity index is 212. The van der Waals surface area contributed by atoms with Gasteiger partial charge in [0.1, 0.15) is 0 Å². The maximum atomic E-state index is 10.1. The molecular weight excluding hydrogens is 176 g/mol. The zero-order valence-corrected chi connectivity index (χ0v) is 9.45. The summed E-state index contributed by atoms with van der Waals surface area (Å²) in [5.41, 5.74) is -0.585. The van der Waals surface area contributed by atoms with E-state index < -0.39 is 5.60 Å². The van der Waals surface area contributed by atoms with Crippen LogP contribution < -0.4 is 5.32 Å². The molecule has 14 heavy (non-hydrogen) atoms. The first-order valence-corrected chi connectivity index (χ1v) is 5.70. The molecule has 3 nitrogen and oxygen atoms in total. The van der Waals surface area contributed by atoms with Gasteiger partial charge in [0.15, 0.2) is 0 Å². The van der Waals surface area contributed by atoms with Crippen molar-refractivity contribution in [2.24, 2.45) is 5.92 Å². The fourth-order valence-corrected chi connectivity index (χ4v) is 2.77. The zero-order chi connectivity index (χ0) is 10.3. The number of rotatable bonds is 1. The smallest absolute Gasteiger partial charge is 0.0759 e. The molecule has 2 saturated heterocycles. The highest BCUT2D eigenvalue weighted by molar-refractivity contribution is 4.98. The fourth-order valence-electron chi connectivity index (χ4n) is 2.77. The van der Waals surface area contributed by atoms with Crippen LogP contribution in [0.3, 0.4) is 0 Å². The van der Waals surface area contributed by atoms with E-state index in [2.05, 4.69) is 17.1 Å². The molecule has 0 spiro atoms. The van der Waals surface area contributed by atoms with E-state index >= 15 is 0 Å². The first kappa shape index (κ1) is 10.4. The number of hydrogen-bond acceptors (Lipinski definition) is 3. The third-order valence-corrected chi connectivity index (χ3v) is 3.62. The Hall–Kier alpha value is -0.120. The van der Waals surface area contributed by atoms with Crippen LogP contribution in [0.5, 0.6) is 0 Å². The van der Waals surface area contributed by atoms with E-state index in [0.29, 0.717) is 6.17 Å². The van der Waals surface area contributed by atoms with Gasteiger partial charge in [-0.2, -0.15) is 0 Å². The monoisotopic (exact) mass is 198 g/mol. The molecule has 2 aliphatic rings. The quantitative estimate of drug-likeness (QED) is 0.654. The summed E-state index contributed by atoms with van der Waals surface area (Å²) in [5.74, 6) is 0.774. The van der Waals surface area contributed by atoms with Crippen LogP contribution in [-0.4, -0.2) is 40.9 Å². The number of hydrogen-bond donors (Lipinski definition) is 2. The molecular formula is C11H22N2O. The van der Waals surface area contributed by atoms with Gasteiger partial charge in [0, 0.05) is 13.1 Å². The van der Waals surface area contributed by atoms with Gasteiger partial charge in [0.2, 0.25) is 0 Å². The Labute approximate surface area is 86.5 Å². The van der Waals surface area contributed by atoms with E-state index in [1.165, 1.54) is 12.8 Å². The van der Waals surface area contributed by atoms with Crippen LogP contribution in [0.25, 0.3) is 0 Å². The molecule has 2 aliphatic heterocycles. The molecule has 2 rings (SSSR count). The van der Waals surface area contributed by atoms with Crippen molar-refractivity contribution in [2.75, 3.05) is 13.1 Å². The summed E-state index contributed by atoms with van der Waals surface area (Å²) < 4.78 is 0. The molecule has 0 amide bonds. The molecule has 0 aromatic heterocycles. The third-order valence-electron chi connectivity index (χ3n) is 3.62. The van der Waals surface area contributed by atoms with E-state index in [-0.39, 0.29) is 6.04 Å². The summed E-state index contributed by atoms with van der Waals surface area (Å²) in [6.45, 7) is 8.20. The summed E-state index contributed by atoms with van der Waals surface area (Å²) in [5, 5.41) is 13.6. The van der Waals surface area contributed by atoms with E-state index in [4.69, 9.17) is 0 Å². The van der Waals surface area contributed by atoms with Crippen molar-refractivity contribution in [1.82, 2.24) is 10.2 Å². The molecule has 2 N–H and O–H groups in total. The van der Waals surface area contributed by atoms with Gasteiger partial charge < -0.3 is 10.4 Å². The van der Waals surface area contributed by atoms with Gasteiger partial charge >= 0.3 is 0 Å². The van der Waals surface area contributed by atoms with Crippen LogP contribution >= 0.6 is 0 Å². The molecule has 2 fully saturated rings. The largest absolute Gasteiger partial charge is 0.389 e. The van der Waals surface area contributed by atoms with E-state index in [1.54, 1.807) is 0 Å². The standard InChI is InChI=1S/C11H22N2O/c1-8-4-5-10-12-6-9(11(2,3)14)13(10)7-8/h8-10,12,14H,4-7H2,1-3H3. The van der Waals surface area contributed by atoms with Gasteiger partial charge in [-0.3, -0.25) is 4.90 Å². The second-order valence-electron chi connectivity index (χ2n) is 5.47. The molecule has 2 heterocycles. The molecule has 3 heteroatoms. The van der Waals surface area contributed by atoms with Gasteiger partial charge in [0.05, 0.1) is 17.8 Å². The highest BCUT2D eigenvalue weighted by atomic mass is 16.3. The van der Waals surface area contributed by atoms with Crippen LogP contribution in [0.4, 0.5) is 0 Å². The second kappa shape index (κ2) is 3.47. The number of piperidine rings is 1. The van der Waals surface area contributed by atoms with Gasteiger partial charge in [0.25, 0.3) is 0 Å². The minimum absolute atomic E-state index is 0.287. The molecule has 82 valence electrons. The maximum absolute atomic E-state index is 10.1. The normalized spacial score (nSPS) is 39.9. The molecule has 0 aromatic carbocycles. The van der Waals surface area contributed by atoms with E-state index in [9.17, 15) is 5.11 Å².